The molecule has 0 bridgehead atoms. The van der Waals surface area contributed by atoms with Gasteiger partial charge in [0.1, 0.15) is 5.75 Å². The molecule has 2 aromatic carbocycles. The zero-order valence-electron chi connectivity index (χ0n) is 13.5. The monoisotopic (exact) mass is 309 g/mol. The van der Waals surface area contributed by atoms with Gasteiger partial charge >= 0.3 is 0 Å². The third-order valence-electron chi connectivity index (χ3n) is 4.37. The van der Waals surface area contributed by atoms with Crippen molar-refractivity contribution in [1.29, 1.82) is 0 Å². The second-order valence-electron chi connectivity index (χ2n) is 6.13. The normalized spacial score (nSPS) is 14.7. The highest BCUT2D eigenvalue weighted by molar-refractivity contribution is 5.78. The van der Waals surface area contributed by atoms with E-state index in [0.29, 0.717) is 0 Å². The summed E-state index contributed by atoms with van der Waals surface area (Å²) >= 11 is 0. The maximum atomic E-state index is 12.1. The summed E-state index contributed by atoms with van der Waals surface area (Å²) in [5.74, 6) is 0.687. The van der Waals surface area contributed by atoms with Crippen LogP contribution >= 0.6 is 0 Å². The van der Waals surface area contributed by atoms with Crippen molar-refractivity contribution in [2.75, 3.05) is 6.61 Å². The number of rotatable bonds is 5. The summed E-state index contributed by atoms with van der Waals surface area (Å²) in [6.07, 6.45) is 4.78. The second kappa shape index (κ2) is 7.32. The maximum absolute atomic E-state index is 12.1. The van der Waals surface area contributed by atoms with E-state index >= 15 is 0 Å². The molecule has 3 heteroatoms. The van der Waals surface area contributed by atoms with Crippen molar-refractivity contribution in [3.63, 3.8) is 0 Å². The van der Waals surface area contributed by atoms with Crippen LogP contribution in [-0.2, 0) is 17.6 Å². The Labute approximate surface area is 137 Å². The average molecular weight is 309 g/mol. The average Bonchev–Trinajstić information content (AvgIpc) is 2.60. The molecule has 0 fully saturated rings. The number of hydrogen-bond acceptors (Lipinski definition) is 2. The third-order valence-corrected chi connectivity index (χ3v) is 4.37. The molecule has 2 aromatic rings. The van der Waals surface area contributed by atoms with Gasteiger partial charge in [-0.15, -0.1) is 0 Å². The molecular weight excluding hydrogens is 286 g/mol. The van der Waals surface area contributed by atoms with Crippen LogP contribution in [0.1, 0.15) is 42.5 Å². The van der Waals surface area contributed by atoms with Crippen LogP contribution in [0, 0.1) is 0 Å². The zero-order valence-corrected chi connectivity index (χ0v) is 13.5. The minimum atomic E-state index is -0.0981. The molecule has 1 atom stereocenters. The number of carbonyl (C=O) groups is 1. The lowest BCUT2D eigenvalue weighted by atomic mass is 9.92. The molecule has 23 heavy (non-hydrogen) atoms. The van der Waals surface area contributed by atoms with Crippen molar-refractivity contribution in [3.05, 3.63) is 65.2 Å². The Hall–Kier alpha value is -2.29. The first kappa shape index (κ1) is 15.6. The van der Waals surface area contributed by atoms with Gasteiger partial charge in [-0.25, -0.2) is 0 Å². The van der Waals surface area contributed by atoms with E-state index in [0.717, 1.165) is 24.2 Å². The van der Waals surface area contributed by atoms with Crippen LogP contribution in [0.5, 0.6) is 5.75 Å². The highest BCUT2D eigenvalue weighted by Gasteiger charge is 2.12. The van der Waals surface area contributed by atoms with Crippen molar-refractivity contribution in [1.82, 2.24) is 5.32 Å². The molecule has 0 radical (unpaired) electrons. The van der Waals surface area contributed by atoms with E-state index in [1.54, 1.807) is 0 Å². The van der Waals surface area contributed by atoms with Crippen LogP contribution < -0.4 is 10.1 Å². The van der Waals surface area contributed by atoms with Gasteiger partial charge < -0.3 is 10.1 Å². The topological polar surface area (TPSA) is 38.3 Å². The lowest BCUT2D eigenvalue weighted by Crippen LogP contribution is -2.31. The molecule has 1 amide bonds. The van der Waals surface area contributed by atoms with Gasteiger partial charge in [-0.1, -0.05) is 36.4 Å². The van der Waals surface area contributed by atoms with Gasteiger partial charge in [0, 0.05) is 0 Å². The van der Waals surface area contributed by atoms with E-state index in [2.05, 4.69) is 17.4 Å². The molecule has 0 saturated heterocycles. The second-order valence-corrected chi connectivity index (χ2v) is 6.13. The number of ether oxygens (including phenoxy) is 1. The van der Waals surface area contributed by atoms with Crippen LogP contribution in [0.4, 0.5) is 0 Å². The number of benzene rings is 2. The maximum Gasteiger partial charge on any atom is 0.258 e. The summed E-state index contributed by atoms with van der Waals surface area (Å²) in [6, 6.07) is 16.1. The molecule has 0 unspecified atom stereocenters. The number of hydrogen-bond donors (Lipinski definition) is 1. The minimum absolute atomic E-state index is 0.0177. The van der Waals surface area contributed by atoms with Gasteiger partial charge in [-0.2, -0.15) is 0 Å². The summed E-state index contributed by atoms with van der Waals surface area (Å²) in [5, 5.41) is 2.96. The van der Waals surface area contributed by atoms with Crippen LogP contribution in [0.2, 0.25) is 0 Å². The first-order chi connectivity index (χ1) is 11.2. The Bertz CT molecular complexity index is 667. The fourth-order valence-electron chi connectivity index (χ4n) is 3.06. The highest BCUT2D eigenvalue weighted by Crippen LogP contribution is 2.25. The van der Waals surface area contributed by atoms with E-state index in [9.17, 15) is 4.79 Å². The summed E-state index contributed by atoms with van der Waals surface area (Å²) in [4.78, 5) is 12.1. The van der Waals surface area contributed by atoms with Crippen molar-refractivity contribution in [2.24, 2.45) is 0 Å². The zero-order chi connectivity index (χ0) is 16.1. The van der Waals surface area contributed by atoms with Crippen molar-refractivity contribution in [3.8, 4) is 5.75 Å². The molecular formula is C20H23NO2. The van der Waals surface area contributed by atoms with Gasteiger partial charge in [-0.3, -0.25) is 4.79 Å². The summed E-state index contributed by atoms with van der Waals surface area (Å²) in [5.41, 5.74) is 3.88. The lowest BCUT2D eigenvalue weighted by Gasteiger charge is -2.17. The summed E-state index contributed by atoms with van der Waals surface area (Å²) in [6.45, 7) is 2.03. The van der Waals surface area contributed by atoms with Gasteiger partial charge in [0.05, 0.1) is 6.04 Å². The molecule has 3 nitrogen and oxygen atoms in total. The van der Waals surface area contributed by atoms with Crippen molar-refractivity contribution >= 4 is 5.91 Å². The number of nitrogens with one attached hydrogen (secondary N) is 1. The van der Waals surface area contributed by atoms with Crippen molar-refractivity contribution < 1.29 is 9.53 Å². The van der Waals surface area contributed by atoms with Gasteiger partial charge in [0.2, 0.25) is 0 Å². The quantitative estimate of drug-likeness (QED) is 0.912. The number of amides is 1. The first-order valence-electron chi connectivity index (χ1n) is 8.31. The molecule has 0 spiro atoms. The first-order valence-corrected chi connectivity index (χ1v) is 8.31. The number of aryl methyl sites for hydroxylation is 2. The standard InChI is InChI=1S/C20H23NO2/c1-15(16-7-3-2-4-8-16)21-20(22)14-23-19-12-11-17-9-5-6-10-18(17)13-19/h2-4,7-8,11-13,15H,5-6,9-10,14H2,1H3,(H,21,22)/t15-/m1/s1. The predicted octanol–water partition coefficient (Wildman–Crippen LogP) is 3.82. The van der Waals surface area contributed by atoms with E-state index in [1.807, 2.05) is 43.3 Å². The van der Waals surface area contributed by atoms with Crippen LogP contribution in [0.15, 0.2) is 48.5 Å². The summed E-state index contributed by atoms with van der Waals surface area (Å²) in [7, 11) is 0. The molecule has 3 rings (SSSR count). The van der Waals surface area contributed by atoms with E-state index in [4.69, 9.17) is 4.74 Å². The third kappa shape index (κ3) is 4.13. The van der Waals surface area contributed by atoms with Crippen LogP contribution in [0.3, 0.4) is 0 Å². The SMILES string of the molecule is C[C@@H](NC(=O)COc1ccc2c(c1)CCCC2)c1ccccc1. The highest BCUT2D eigenvalue weighted by atomic mass is 16.5. The fraction of sp³-hybridized carbons (Fsp3) is 0.350. The van der Waals surface area contributed by atoms with Crippen molar-refractivity contribution in [2.45, 2.75) is 38.6 Å². The van der Waals surface area contributed by atoms with Crippen LogP contribution in [0.25, 0.3) is 0 Å². The molecule has 0 aliphatic heterocycles. The molecule has 0 aromatic heterocycles. The Kier molecular flexibility index (Phi) is 4.96. The van der Waals surface area contributed by atoms with Gasteiger partial charge in [-0.05, 0) is 61.4 Å². The molecule has 0 saturated carbocycles. The van der Waals surface area contributed by atoms with E-state index in [-0.39, 0.29) is 18.6 Å². The molecule has 1 N–H and O–H groups in total. The smallest absolute Gasteiger partial charge is 0.258 e. The Morgan fingerprint density at radius 3 is 2.61 bits per heavy atom. The van der Waals surface area contributed by atoms with E-state index < -0.39 is 0 Å². The van der Waals surface area contributed by atoms with E-state index in [1.165, 1.54) is 24.0 Å². The van der Waals surface area contributed by atoms with Crippen LogP contribution in [-0.4, -0.2) is 12.5 Å². The predicted molar refractivity (Wildman–Crippen MR) is 91.6 cm³/mol. The Morgan fingerprint density at radius 1 is 1.09 bits per heavy atom. The van der Waals surface area contributed by atoms with Gasteiger partial charge in [0.25, 0.3) is 5.91 Å². The Balaban J connectivity index is 1.53. The molecule has 1 aliphatic rings. The Morgan fingerprint density at radius 2 is 1.83 bits per heavy atom. The summed E-state index contributed by atoms with van der Waals surface area (Å²) < 4.78 is 5.66. The minimum Gasteiger partial charge on any atom is -0.484 e. The lowest BCUT2D eigenvalue weighted by molar-refractivity contribution is -0.123. The molecule has 1 aliphatic carbocycles. The number of fused-ring (bicyclic) bond motifs is 1. The fourth-order valence-corrected chi connectivity index (χ4v) is 3.06. The van der Waals surface area contributed by atoms with Gasteiger partial charge in [0.15, 0.2) is 6.61 Å². The number of carbonyl (C=O) groups excluding carboxylic acids is 1. The molecule has 0 heterocycles. The molecule has 120 valence electrons. The largest absolute Gasteiger partial charge is 0.484 e.